The summed E-state index contributed by atoms with van der Waals surface area (Å²) in [6, 6.07) is 4.81. The van der Waals surface area contributed by atoms with E-state index in [2.05, 4.69) is 5.32 Å². The molecule has 0 aliphatic heterocycles. The Balaban J connectivity index is 2.07. The van der Waals surface area contributed by atoms with Gasteiger partial charge in [0.15, 0.2) is 0 Å². The molecule has 1 aliphatic carbocycles. The van der Waals surface area contributed by atoms with Crippen LogP contribution in [0.3, 0.4) is 0 Å². The second-order valence-corrected chi connectivity index (χ2v) is 9.80. The van der Waals surface area contributed by atoms with Crippen molar-refractivity contribution in [2.75, 3.05) is 19.1 Å². The first kappa shape index (κ1) is 22.8. The molecule has 1 aliphatic rings. The van der Waals surface area contributed by atoms with Crippen molar-refractivity contribution in [2.45, 2.75) is 44.6 Å². The fourth-order valence-electron chi connectivity index (χ4n) is 3.50. The first-order valence-corrected chi connectivity index (χ1v) is 11.4. The van der Waals surface area contributed by atoms with Gasteiger partial charge in [-0.05, 0) is 31.2 Å². The minimum absolute atomic E-state index is 0.0191. The van der Waals surface area contributed by atoms with Crippen LogP contribution in [0.4, 0.5) is 5.69 Å². The molecule has 1 atom stereocenters. The summed E-state index contributed by atoms with van der Waals surface area (Å²) in [4.78, 5) is 35.3. The third kappa shape index (κ3) is 6.25. The third-order valence-electron chi connectivity index (χ3n) is 5.34. The molecule has 9 nitrogen and oxygen atoms in total. The summed E-state index contributed by atoms with van der Waals surface area (Å²) in [5.41, 5.74) is -0.0790. The Morgan fingerprint density at radius 3 is 2.34 bits per heavy atom. The number of ether oxygens (including phenoxy) is 1. The summed E-state index contributed by atoms with van der Waals surface area (Å²) in [7, 11) is -1.88. The van der Waals surface area contributed by atoms with E-state index in [1.807, 2.05) is 0 Å². The summed E-state index contributed by atoms with van der Waals surface area (Å²) in [6.45, 7) is 0. The molecule has 10 heteroatoms. The molecular formula is C19H26N2O7S. The van der Waals surface area contributed by atoms with E-state index < -0.39 is 32.2 Å². The lowest BCUT2D eigenvalue weighted by atomic mass is 9.65. The van der Waals surface area contributed by atoms with Gasteiger partial charge in [0.25, 0.3) is 5.69 Å². The fraction of sp³-hybridized carbons (Fsp3) is 0.579. The van der Waals surface area contributed by atoms with Crippen LogP contribution in [0.1, 0.15) is 37.7 Å². The number of hydrogen-bond donors (Lipinski definition) is 1. The summed E-state index contributed by atoms with van der Waals surface area (Å²) in [6.07, 6.45) is 4.29. The number of esters is 1. The lowest BCUT2D eigenvalue weighted by Crippen LogP contribution is -2.52. The number of methoxy groups -OCH3 is 1. The van der Waals surface area contributed by atoms with Gasteiger partial charge in [-0.1, -0.05) is 18.6 Å². The molecule has 1 aromatic carbocycles. The van der Waals surface area contributed by atoms with E-state index in [4.69, 9.17) is 4.74 Å². The van der Waals surface area contributed by atoms with Crippen molar-refractivity contribution in [1.29, 1.82) is 0 Å². The average Bonchev–Trinajstić information content (AvgIpc) is 2.62. The van der Waals surface area contributed by atoms with Crippen LogP contribution in [0.2, 0.25) is 0 Å². The Morgan fingerprint density at radius 1 is 1.28 bits per heavy atom. The number of sulfone groups is 1. The molecule has 1 saturated carbocycles. The van der Waals surface area contributed by atoms with Gasteiger partial charge in [-0.15, -0.1) is 0 Å². The number of nitrogens with one attached hydrogen (secondary N) is 1. The van der Waals surface area contributed by atoms with Crippen molar-refractivity contribution in [3.05, 3.63) is 39.9 Å². The van der Waals surface area contributed by atoms with Gasteiger partial charge in [-0.2, -0.15) is 0 Å². The molecule has 0 bridgehead atoms. The van der Waals surface area contributed by atoms with E-state index in [1.165, 1.54) is 31.4 Å². The largest absolute Gasteiger partial charge is 0.467 e. The first-order valence-electron chi connectivity index (χ1n) is 9.36. The Morgan fingerprint density at radius 2 is 1.90 bits per heavy atom. The minimum Gasteiger partial charge on any atom is -0.467 e. The van der Waals surface area contributed by atoms with E-state index >= 15 is 0 Å². The lowest BCUT2D eigenvalue weighted by Gasteiger charge is -2.41. The summed E-state index contributed by atoms with van der Waals surface area (Å²) in [5.74, 6) is -0.873. The Bertz CT molecular complexity index is 861. The normalized spacial score (nSPS) is 16.3. The Labute approximate surface area is 169 Å². The maximum atomic E-state index is 12.9. The van der Waals surface area contributed by atoms with E-state index in [0.717, 1.165) is 12.7 Å². The molecule has 160 valence electrons. The minimum atomic E-state index is -3.10. The maximum absolute atomic E-state index is 12.9. The van der Waals surface area contributed by atoms with Crippen molar-refractivity contribution in [3.8, 4) is 0 Å². The molecule has 1 aromatic rings. The highest BCUT2D eigenvalue weighted by atomic mass is 32.2. The number of amides is 1. The van der Waals surface area contributed by atoms with E-state index in [1.54, 1.807) is 0 Å². The van der Waals surface area contributed by atoms with Crippen LogP contribution in [0.15, 0.2) is 24.3 Å². The monoisotopic (exact) mass is 426 g/mol. The van der Waals surface area contributed by atoms with Gasteiger partial charge in [0.05, 0.1) is 12.0 Å². The molecule has 0 aromatic heterocycles. The maximum Gasteiger partial charge on any atom is 0.328 e. The van der Waals surface area contributed by atoms with E-state index in [-0.39, 0.29) is 23.8 Å². The molecular weight excluding hydrogens is 400 g/mol. The topological polar surface area (TPSA) is 133 Å². The SMILES string of the molecule is COC(=O)C(Cc1ccc([N+](=O)[O-])cc1)NC(=O)C1(CCCS(C)(=O)=O)CCC1. The molecule has 2 rings (SSSR count). The zero-order valence-electron chi connectivity index (χ0n) is 16.5. The molecule has 0 spiro atoms. The quantitative estimate of drug-likeness (QED) is 0.342. The predicted molar refractivity (Wildman–Crippen MR) is 106 cm³/mol. The van der Waals surface area contributed by atoms with Crippen molar-refractivity contribution in [3.63, 3.8) is 0 Å². The average molecular weight is 426 g/mol. The molecule has 0 radical (unpaired) electrons. The number of nitro benzene ring substituents is 1. The Kier molecular flexibility index (Phi) is 7.34. The second kappa shape index (κ2) is 9.34. The van der Waals surface area contributed by atoms with Gasteiger partial charge < -0.3 is 10.1 Å². The number of benzene rings is 1. The van der Waals surface area contributed by atoms with Crippen molar-refractivity contribution >= 4 is 27.4 Å². The van der Waals surface area contributed by atoms with E-state index in [9.17, 15) is 28.1 Å². The second-order valence-electron chi connectivity index (χ2n) is 7.54. The molecule has 29 heavy (non-hydrogen) atoms. The van der Waals surface area contributed by atoms with Crippen LogP contribution in [0.25, 0.3) is 0 Å². The molecule has 1 unspecified atom stereocenters. The molecule has 0 heterocycles. The summed E-state index contributed by atoms with van der Waals surface area (Å²) in [5, 5.41) is 13.5. The highest BCUT2D eigenvalue weighted by Crippen LogP contribution is 2.45. The summed E-state index contributed by atoms with van der Waals surface area (Å²) >= 11 is 0. The van der Waals surface area contributed by atoms with Gasteiger partial charge in [-0.3, -0.25) is 14.9 Å². The number of carbonyl (C=O) groups is 2. The van der Waals surface area contributed by atoms with Crippen LogP contribution in [-0.4, -0.2) is 50.4 Å². The number of carbonyl (C=O) groups excluding carboxylic acids is 2. The van der Waals surface area contributed by atoms with E-state index in [0.29, 0.717) is 31.2 Å². The third-order valence-corrected chi connectivity index (χ3v) is 6.37. The fourth-order valence-corrected chi connectivity index (χ4v) is 4.17. The molecule has 1 fully saturated rings. The number of nitrogens with zero attached hydrogens (tertiary/aromatic N) is 1. The first-order chi connectivity index (χ1) is 13.6. The smallest absolute Gasteiger partial charge is 0.328 e. The van der Waals surface area contributed by atoms with Gasteiger partial charge in [-0.25, -0.2) is 13.2 Å². The van der Waals surface area contributed by atoms with Crippen LogP contribution in [-0.2, 0) is 30.6 Å². The molecule has 1 amide bonds. The standard InChI is InChI=1S/C19H26N2O7S/c1-28-17(22)16(13-14-5-7-15(8-6-14)21(24)25)20-18(23)19(9-3-10-19)11-4-12-29(2,26)27/h5-8,16H,3-4,9-13H2,1-2H3,(H,20,23). The number of rotatable bonds is 10. The van der Waals surface area contributed by atoms with Gasteiger partial charge in [0.1, 0.15) is 15.9 Å². The molecule has 0 saturated heterocycles. The van der Waals surface area contributed by atoms with Crippen LogP contribution < -0.4 is 5.32 Å². The van der Waals surface area contributed by atoms with Crippen molar-refractivity contribution in [1.82, 2.24) is 5.32 Å². The summed E-state index contributed by atoms with van der Waals surface area (Å²) < 4.78 is 27.5. The zero-order chi connectivity index (χ0) is 21.7. The number of hydrogen-bond acceptors (Lipinski definition) is 7. The van der Waals surface area contributed by atoms with Crippen LogP contribution >= 0.6 is 0 Å². The highest BCUT2D eigenvalue weighted by molar-refractivity contribution is 7.90. The van der Waals surface area contributed by atoms with Gasteiger partial charge in [0.2, 0.25) is 5.91 Å². The van der Waals surface area contributed by atoms with Gasteiger partial charge in [0, 0.05) is 36.0 Å². The van der Waals surface area contributed by atoms with Crippen LogP contribution in [0, 0.1) is 15.5 Å². The zero-order valence-corrected chi connectivity index (χ0v) is 17.4. The lowest BCUT2D eigenvalue weighted by molar-refractivity contribution is -0.384. The predicted octanol–water partition coefficient (Wildman–Crippen LogP) is 1.79. The number of nitro groups is 1. The highest BCUT2D eigenvalue weighted by Gasteiger charge is 2.44. The van der Waals surface area contributed by atoms with Crippen LogP contribution in [0.5, 0.6) is 0 Å². The van der Waals surface area contributed by atoms with Crippen molar-refractivity contribution in [2.24, 2.45) is 5.41 Å². The Hall–Kier alpha value is -2.49. The van der Waals surface area contributed by atoms with Crippen molar-refractivity contribution < 1.29 is 27.7 Å². The molecule has 1 N–H and O–H groups in total. The number of non-ortho nitro benzene ring substituents is 1. The van der Waals surface area contributed by atoms with Gasteiger partial charge >= 0.3 is 5.97 Å².